The Labute approximate surface area is 140 Å². The van der Waals surface area contributed by atoms with Crippen molar-refractivity contribution in [3.8, 4) is 5.75 Å². The van der Waals surface area contributed by atoms with E-state index in [2.05, 4.69) is 15.3 Å². The third kappa shape index (κ3) is 3.95. The van der Waals surface area contributed by atoms with Crippen molar-refractivity contribution in [2.24, 2.45) is 0 Å². The molecule has 0 aliphatic carbocycles. The quantitative estimate of drug-likeness (QED) is 0.734. The predicted molar refractivity (Wildman–Crippen MR) is 93.4 cm³/mol. The number of carbonyl (C=O) groups is 1. The van der Waals surface area contributed by atoms with Crippen molar-refractivity contribution in [3.63, 3.8) is 0 Å². The summed E-state index contributed by atoms with van der Waals surface area (Å²) in [5, 5.41) is 2.83. The molecule has 5 heteroatoms. The standard InChI is InChI=1S/C19H17N3O2/c1-24-16-6-4-5-14(11-16)12-21-19(23)10-9-15-13-20-17-7-2-3-8-18(17)22-15/h2-11,13H,12H2,1H3,(H,21,23). The third-order valence-corrected chi connectivity index (χ3v) is 3.47. The number of ether oxygens (including phenoxy) is 1. The molecule has 1 heterocycles. The number of aromatic nitrogens is 2. The summed E-state index contributed by atoms with van der Waals surface area (Å²) in [6.45, 7) is 0.434. The lowest BCUT2D eigenvalue weighted by molar-refractivity contribution is -0.116. The first kappa shape index (κ1) is 15.7. The number of hydrogen-bond acceptors (Lipinski definition) is 4. The molecule has 5 nitrogen and oxygen atoms in total. The average molecular weight is 319 g/mol. The van der Waals surface area contributed by atoms with Crippen LogP contribution in [0.3, 0.4) is 0 Å². The van der Waals surface area contributed by atoms with Crippen molar-refractivity contribution in [1.82, 2.24) is 15.3 Å². The van der Waals surface area contributed by atoms with E-state index in [1.54, 1.807) is 19.4 Å². The van der Waals surface area contributed by atoms with Crippen LogP contribution in [0, 0.1) is 0 Å². The van der Waals surface area contributed by atoms with Gasteiger partial charge in [0.15, 0.2) is 0 Å². The molecule has 0 atom stereocenters. The van der Waals surface area contributed by atoms with Crippen LogP contribution in [-0.2, 0) is 11.3 Å². The molecule has 0 unspecified atom stereocenters. The van der Waals surface area contributed by atoms with E-state index >= 15 is 0 Å². The Kier molecular flexibility index (Phi) is 4.81. The van der Waals surface area contributed by atoms with E-state index in [1.807, 2.05) is 48.5 Å². The van der Waals surface area contributed by atoms with Crippen molar-refractivity contribution in [3.05, 3.63) is 72.1 Å². The number of nitrogens with one attached hydrogen (secondary N) is 1. The summed E-state index contributed by atoms with van der Waals surface area (Å²) in [5.74, 6) is 0.580. The van der Waals surface area contributed by atoms with Gasteiger partial charge in [-0.25, -0.2) is 4.98 Å². The molecule has 0 saturated heterocycles. The zero-order valence-corrected chi connectivity index (χ0v) is 13.3. The summed E-state index contributed by atoms with van der Waals surface area (Å²) >= 11 is 0. The molecule has 0 fully saturated rings. The second-order valence-corrected chi connectivity index (χ2v) is 5.19. The van der Waals surface area contributed by atoms with Crippen LogP contribution >= 0.6 is 0 Å². The molecular weight excluding hydrogens is 302 g/mol. The highest BCUT2D eigenvalue weighted by Crippen LogP contribution is 2.12. The minimum absolute atomic E-state index is 0.187. The van der Waals surface area contributed by atoms with Crippen LogP contribution in [0.5, 0.6) is 5.75 Å². The lowest BCUT2D eigenvalue weighted by Gasteiger charge is -2.05. The molecule has 1 aromatic heterocycles. The first-order valence-corrected chi connectivity index (χ1v) is 7.55. The maximum atomic E-state index is 11.9. The predicted octanol–water partition coefficient (Wildman–Crippen LogP) is 2.97. The van der Waals surface area contributed by atoms with Crippen molar-refractivity contribution in [2.45, 2.75) is 6.54 Å². The molecule has 3 rings (SSSR count). The summed E-state index contributed by atoms with van der Waals surface area (Å²) in [7, 11) is 1.62. The third-order valence-electron chi connectivity index (χ3n) is 3.47. The van der Waals surface area contributed by atoms with Crippen LogP contribution in [-0.4, -0.2) is 23.0 Å². The number of carbonyl (C=O) groups excluding carboxylic acids is 1. The molecule has 0 bridgehead atoms. The fourth-order valence-corrected chi connectivity index (χ4v) is 2.24. The molecule has 0 aliphatic heterocycles. The van der Waals surface area contributed by atoms with Gasteiger partial charge in [0, 0.05) is 12.6 Å². The van der Waals surface area contributed by atoms with Crippen LogP contribution in [0.2, 0.25) is 0 Å². The summed E-state index contributed by atoms with van der Waals surface area (Å²) in [4.78, 5) is 20.7. The van der Waals surface area contributed by atoms with Crippen molar-refractivity contribution in [1.29, 1.82) is 0 Å². The Morgan fingerprint density at radius 3 is 2.83 bits per heavy atom. The van der Waals surface area contributed by atoms with Gasteiger partial charge in [0.05, 0.1) is 30.0 Å². The largest absolute Gasteiger partial charge is 0.497 e. The summed E-state index contributed by atoms with van der Waals surface area (Å²) in [6.07, 6.45) is 4.76. The Morgan fingerprint density at radius 2 is 2.00 bits per heavy atom. The van der Waals surface area contributed by atoms with Crippen LogP contribution in [0.15, 0.2) is 60.8 Å². The molecule has 24 heavy (non-hydrogen) atoms. The van der Waals surface area contributed by atoms with Gasteiger partial charge in [-0.1, -0.05) is 24.3 Å². The number of benzene rings is 2. The van der Waals surface area contributed by atoms with Gasteiger partial charge in [-0.05, 0) is 35.9 Å². The van der Waals surface area contributed by atoms with Gasteiger partial charge < -0.3 is 10.1 Å². The summed E-state index contributed by atoms with van der Waals surface area (Å²) < 4.78 is 5.16. The number of nitrogens with zero attached hydrogens (tertiary/aromatic N) is 2. The Balaban J connectivity index is 1.61. The second kappa shape index (κ2) is 7.37. The van der Waals surface area contributed by atoms with Crippen LogP contribution in [0.1, 0.15) is 11.3 Å². The Morgan fingerprint density at radius 1 is 1.17 bits per heavy atom. The Hall–Kier alpha value is -3.21. The average Bonchev–Trinajstić information content (AvgIpc) is 2.64. The SMILES string of the molecule is COc1cccc(CNC(=O)C=Cc2cnc3ccccc3n2)c1. The van der Waals surface area contributed by atoms with Crippen molar-refractivity contribution >= 4 is 23.0 Å². The van der Waals surface area contributed by atoms with E-state index in [-0.39, 0.29) is 5.91 Å². The minimum Gasteiger partial charge on any atom is -0.497 e. The lowest BCUT2D eigenvalue weighted by Crippen LogP contribution is -2.20. The van der Waals surface area contributed by atoms with Gasteiger partial charge in [-0.2, -0.15) is 0 Å². The normalized spacial score (nSPS) is 10.9. The van der Waals surface area contributed by atoms with Crippen molar-refractivity contribution in [2.75, 3.05) is 7.11 Å². The minimum atomic E-state index is -0.187. The molecule has 2 aromatic carbocycles. The maximum absolute atomic E-state index is 11.9. The first-order chi connectivity index (χ1) is 11.7. The van der Waals surface area contributed by atoms with Gasteiger partial charge >= 0.3 is 0 Å². The number of amides is 1. The Bertz CT molecular complexity index is 890. The molecule has 3 aromatic rings. The van der Waals surface area contributed by atoms with E-state index in [9.17, 15) is 4.79 Å². The molecule has 1 N–H and O–H groups in total. The number of hydrogen-bond donors (Lipinski definition) is 1. The molecule has 0 spiro atoms. The van der Waals surface area contributed by atoms with Gasteiger partial charge in [0.2, 0.25) is 5.91 Å². The van der Waals surface area contributed by atoms with Crippen LogP contribution in [0.25, 0.3) is 17.1 Å². The summed E-state index contributed by atoms with van der Waals surface area (Å²) in [5.41, 5.74) is 3.25. The van der Waals surface area contributed by atoms with Gasteiger partial charge in [0.25, 0.3) is 0 Å². The van der Waals surface area contributed by atoms with Crippen LogP contribution < -0.4 is 10.1 Å². The smallest absolute Gasteiger partial charge is 0.244 e. The second-order valence-electron chi connectivity index (χ2n) is 5.19. The number of para-hydroxylation sites is 2. The van der Waals surface area contributed by atoms with E-state index in [4.69, 9.17) is 4.74 Å². The van der Waals surface area contributed by atoms with Crippen LogP contribution in [0.4, 0.5) is 0 Å². The zero-order valence-electron chi connectivity index (χ0n) is 13.3. The highest BCUT2D eigenvalue weighted by Gasteiger charge is 2.00. The van der Waals surface area contributed by atoms with E-state index in [0.717, 1.165) is 22.3 Å². The van der Waals surface area contributed by atoms with Crippen molar-refractivity contribution < 1.29 is 9.53 Å². The number of methoxy groups -OCH3 is 1. The summed E-state index contributed by atoms with van der Waals surface area (Å²) in [6, 6.07) is 15.2. The lowest BCUT2D eigenvalue weighted by atomic mass is 10.2. The monoisotopic (exact) mass is 319 g/mol. The first-order valence-electron chi connectivity index (χ1n) is 7.55. The van der Waals surface area contributed by atoms with E-state index < -0.39 is 0 Å². The maximum Gasteiger partial charge on any atom is 0.244 e. The number of rotatable bonds is 5. The zero-order chi connectivity index (χ0) is 16.8. The molecule has 1 amide bonds. The van der Waals surface area contributed by atoms with Gasteiger partial charge in [-0.15, -0.1) is 0 Å². The number of fused-ring (bicyclic) bond motifs is 1. The molecular formula is C19H17N3O2. The van der Waals surface area contributed by atoms with Gasteiger partial charge in [0.1, 0.15) is 5.75 Å². The fraction of sp³-hybridized carbons (Fsp3) is 0.105. The van der Waals surface area contributed by atoms with E-state index in [1.165, 1.54) is 6.08 Å². The molecule has 0 radical (unpaired) electrons. The van der Waals surface area contributed by atoms with E-state index in [0.29, 0.717) is 12.2 Å². The van der Waals surface area contributed by atoms with Gasteiger partial charge in [-0.3, -0.25) is 9.78 Å². The topological polar surface area (TPSA) is 64.1 Å². The fourth-order valence-electron chi connectivity index (χ4n) is 2.24. The molecule has 120 valence electrons. The highest BCUT2D eigenvalue weighted by atomic mass is 16.5. The highest BCUT2D eigenvalue weighted by molar-refractivity contribution is 5.91. The molecule has 0 aliphatic rings. The molecule has 0 saturated carbocycles.